The Labute approximate surface area is 110 Å². The summed E-state index contributed by atoms with van der Waals surface area (Å²) < 4.78 is 12.7. The highest BCUT2D eigenvalue weighted by Crippen LogP contribution is 2.11. The highest BCUT2D eigenvalue weighted by molar-refractivity contribution is 6.05. The van der Waals surface area contributed by atoms with Crippen LogP contribution >= 0.6 is 0 Å². The van der Waals surface area contributed by atoms with Crippen LogP contribution in [0.5, 0.6) is 0 Å². The van der Waals surface area contributed by atoms with Crippen LogP contribution in [0.1, 0.15) is 27.6 Å². The molecule has 0 atom stereocenters. The second-order valence-corrected chi connectivity index (χ2v) is 4.09. The highest BCUT2D eigenvalue weighted by atomic mass is 19.1. The van der Waals surface area contributed by atoms with Crippen LogP contribution in [-0.4, -0.2) is 11.7 Å². The van der Waals surface area contributed by atoms with Gasteiger partial charge in [0.15, 0.2) is 5.78 Å². The summed E-state index contributed by atoms with van der Waals surface area (Å²) in [5, 5.41) is 2.64. The minimum absolute atomic E-state index is 0.0505. The lowest BCUT2D eigenvalue weighted by Gasteiger charge is -2.05. The molecule has 3 nitrogen and oxygen atoms in total. The predicted octanol–water partition coefficient (Wildman–Crippen LogP) is 3.28. The Balaban J connectivity index is 2.11. The van der Waals surface area contributed by atoms with Crippen molar-refractivity contribution in [1.29, 1.82) is 0 Å². The zero-order valence-corrected chi connectivity index (χ0v) is 10.3. The summed E-state index contributed by atoms with van der Waals surface area (Å²) >= 11 is 0. The first-order chi connectivity index (χ1) is 9.06. The number of anilines is 1. The standard InChI is InChI=1S/C15H12FNO2/c1-10(18)11-2-4-12(5-3-11)15(19)17-14-8-6-13(16)7-9-14/h2-9H,1H3,(H,17,19). The summed E-state index contributed by atoms with van der Waals surface area (Å²) in [5.74, 6) is -0.712. The Kier molecular flexibility index (Phi) is 3.71. The third-order valence-electron chi connectivity index (χ3n) is 2.66. The van der Waals surface area contributed by atoms with Crippen LogP contribution in [0.25, 0.3) is 0 Å². The molecule has 0 saturated heterocycles. The number of rotatable bonds is 3. The summed E-state index contributed by atoms with van der Waals surface area (Å²) in [6.07, 6.45) is 0. The summed E-state index contributed by atoms with van der Waals surface area (Å²) in [6.45, 7) is 1.47. The van der Waals surface area contributed by atoms with Gasteiger partial charge in [-0.1, -0.05) is 12.1 Å². The first-order valence-electron chi connectivity index (χ1n) is 5.74. The lowest BCUT2D eigenvalue weighted by atomic mass is 10.1. The van der Waals surface area contributed by atoms with E-state index in [9.17, 15) is 14.0 Å². The average molecular weight is 257 g/mol. The number of benzene rings is 2. The van der Waals surface area contributed by atoms with Crippen molar-refractivity contribution in [3.8, 4) is 0 Å². The molecule has 0 heterocycles. The first-order valence-corrected chi connectivity index (χ1v) is 5.74. The van der Waals surface area contributed by atoms with Crippen molar-refractivity contribution in [3.63, 3.8) is 0 Å². The maximum Gasteiger partial charge on any atom is 0.255 e. The zero-order valence-electron chi connectivity index (χ0n) is 10.3. The van der Waals surface area contributed by atoms with Crippen LogP contribution in [0.2, 0.25) is 0 Å². The molecule has 96 valence electrons. The van der Waals surface area contributed by atoms with Gasteiger partial charge in [0.05, 0.1) is 0 Å². The van der Waals surface area contributed by atoms with Crippen LogP contribution in [0.3, 0.4) is 0 Å². The fourth-order valence-electron chi connectivity index (χ4n) is 1.59. The van der Waals surface area contributed by atoms with Crippen LogP contribution in [0.15, 0.2) is 48.5 Å². The van der Waals surface area contributed by atoms with Crippen LogP contribution in [0, 0.1) is 5.82 Å². The summed E-state index contributed by atoms with van der Waals surface area (Å²) in [5.41, 5.74) is 1.51. The van der Waals surface area contributed by atoms with Crippen LogP contribution in [-0.2, 0) is 0 Å². The van der Waals surface area contributed by atoms with Gasteiger partial charge in [-0.15, -0.1) is 0 Å². The second kappa shape index (κ2) is 5.44. The molecule has 0 aliphatic heterocycles. The van der Waals surface area contributed by atoms with Crippen molar-refractivity contribution in [2.75, 3.05) is 5.32 Å². The Bertz CT molecular complexity index is 603. The number of ketones is 1. The normalized spacial score (nSPS) is 10.0. The molecular weight excluding hydrogens is 245 g/mol. The SMILES string of the molecule is CC(=O)c1ccc(C(=O)Nc2ccc(F)cc2)cc1. The van der Waals surface area contributed by atoms with E-state index in [1.54, 1.807) is 24.3 Å². The molecule has 1 amide bonds. The number of carbonyl (C=O) groups is 2. The number of halogens is 1. The quantitative estimate of drug-likeness (QED) is 0.858. The smallest absolute Gasteiger partial charge is 0.255 e. The molecule has 0 spiro atoms. The lowest BCUT2D eigenvalue weighted by molar-refractivity contribution is 0.101. The number of Topliss-reactive ketones (excluding diaryl/α,β-unsaturated/α-hetero) is 1. The van der Waals surface area contributed by atoms with Gasteiger partial charge in [0.1, 0.15) is 5.82 Å². The van der Waals surface area contributed by atoms with E-state index in [-0.39, 0.29) is 17.5 Å². The van der Waals surface area contributed by atoms with Gasteiger partial charge in [-0.2, -0.15) is 0 Å². The number of hydrogen-bond donors (Lipinski definition) is 1. The molecule has 0 bridgehead atoms. The van der Waals surface area contributed by atoms with Gasteiger partial charge in [0, 0.05) is 16.8 Å². The van der Waals surface area contributed by atoms with Gasteiger partial charge in [-0.3, -0.25) is 9.59 Å². The molecule has 0 aliphatic carbocycles. The molecule has 0 fully saturated rings. The fourth-order valence-corrected chi connectivity index (χ4v) is 1.59. The first kappa shape index (κ1) is 13.0. The van der Waals surface area contributed by atoms with Crippen molar-refractivity contribution >= 4 is 17.4 Å². The lowest BCUT2D eigenvalue weighted by Crippen LogP contribution is -2.12. The summed E-state index contributed by atoms with van der Waals surface area (Å²) in [6, 6.07) is 11.9. The molecule has 2 aromatic carbocycles. The largest absolute Gasteiger partial charge is 0.322 e. The van der Waals surface area contributed by atoms with E-state index < -0.39 is 0 Å². The minimum atomic E-state index is -0.358. The van der Waals surface area contributed by atoms with Crippen molar-refractivity contribution in [2.45, 2.75) is 6.92 Å². The molecule has 1 N–H and O–H groups in total. The molecule has 0 saturated carbocycles. The molecule has 0 radical (unpaired) electrons. The number of amides is 1. The third-order valence-corrected chi connectivity index (χ3v) is 2.66. The Morgan fingerprint density at radius 2 is 1.42 bits per heavy atom. The van der Waals surface area contributed by atoms with Gasteiger partial charge >= 0.3 is 0 Å². The molecular formula is C15H12FNO2. The summed E-state index contributed by atoms with van der Waals surface area (Å²) in [7, 11) is 0. The molecule has 0 aliphatic rings. The maximum absolute atomic E-state index is 12.7. The van der Waals surface area contributed by atoms with Gasteiger partial charge < -0.3 is 5.32 Å². The molecule has 4 heteroatoms. The van der Waals surface area contributed by atoms with E-state index in [0.717, 1.165) is 0 Å². The fraction of sp³-hybridized carbons (Fsp3) is 0.0667. The highest BCUT2D eigenvalue weighted by Gasteiger charge is 2.07. The number of carbonyl (C=O) groups excluding carboxylic acids is 2. The van der Waals surface area contributed by atoms with Gasteiger partial charge in [0.2, 0.25) is 0 Å². The molecule has 0 unspecified atom stereocenters. The minimum Gasteiger partial charge on any atom is -0.322 e. The zero-order chi connectivity index (χ0) is 13.8. The summed E-state index contributed by atoms with van der Waals surface area (Å²) in [4.78, 5) is 23.0. The van der Waals surface area contributed by atoms with Gasteiger partial charge in [-0.25, -0.2) is 4.39 Å². The number of nitrogens with one attached hydrogen (secondary N) is 1. The Hall–Kier alpha value is -2.49. The van der Waals surface area contributed by atoms with E-state index in [2.05, 4.69) is 5.32 Å². The van der Waals surface area contributed by atoms with Crippen molar-refractivity contribution in [2.24, 2.45) is 0 Å². The molecule has 2 rings (SSSR count). The van der Waals surface area contributed by atoms with E-state index >= 15 is 0 Å². The second-order valence-electron chi connectivity index (χ2n) is 4.09. The molecule has 0 aromatic heterocycles. The number of hydrogen-bond acceptors (Lipinski definition) is 2. The van der Waals surface area contributed by atoms with Gasteiger partial charge in [0.25, 0.3) is 5.91 Å². The van der Waals surface area contributed by atoms with E-state index in [0.29, 0.717) is 16.8 Å². The van der Waals surface area contributed by atoms with Crippen LogP contribution in [0.4, 0.5) is 10.1 Å². The van der Waals surface area contributed by atoms with Crippen molar-refractivity contribution in [1.82, 2.24) is 0 Å². The monoisotopic (exact) mass is 257 g/mol. The average Bonchev–Trinajstić information content (AvgIpc) is 2.41. The van der Waals surface area contributed by atoms with Gasteiger partial charge in [-0.05, 0) is 43.3 Å². The third kappa shape index (κ3) is 3.25. The Morgan fingerprint density at radius 3 is 1.95 bits per heavy atom. The van der Waals surface area contributed by atoms with Crippen molar-refractivity contribution in [3.05, 3.63) is 65.5 Å². The van der Waals surface area contributed by atoms with Crippen LogP contribution < -0.4 is 5.32 Å². The van der Waals surface area contributed by atoms with E-state index in [4.69, 9.17) is 0 Å². The topological polar surface area (TPSA) is 46.2 Å². The van der Waals surface area contributed by atoms with E-state index in [1.807, 2.05) is 0 Å². The predicted molar refractivity (Wildman–Crippen MR) is 70.8 cm³/mol. The molecule has 2 aromatic rings. The van der Waals surface area contributed by atoms with Crippen molar-refractivity contribution < 1.29 is 14.0 Å². The Morgan fingerprint density at radius 1 is 0.895 bits per heavy atom. The van der Waals surface area contributed by atoms with E-state index in [1.165, 1.54) is 31.2 Å². The maximum atomic E-state index is 12.7. The molecule has 19 heavy (non-hydrogen) atoms.